The van der Waals surface area contributed by atoms with Crippen molar-refractivity contribution in [2.45, 2.75) is 13.3 Å². The summed E-state index contributed by atoms with van der Waals surface area (Å²) >= 11 is 0. The van der Waals surface area contributed by atoms with Crippen molar-refractivity contribution in [3.8, 4) is 11.5 Å². The molecule has 1 amide bonds. The van der Waals surface area contributed by atoms with Crippen LogP contribution in [-0.2, 0) is 4.79 Å². The molecule has 4 nitrogen and oxygen atoms in total. The van der Waals surface area contributed by atoms with E-state index in [-0.39, 0.29) is 5.91 Å². The molecule has 0 radical (unpaired) electrons. The Morgan fingerprint density at radius 2 is 1.52 bits per heavy atom. The molecule has 4 heteroatoms. The molecule has 1 heterocycles. The average Bonchev–Trinajstić information content (AvgIpc) is 2.63. The maximum Gasteiger partial charge on any atom is 0.222 e. The van der Waals surface area contributed by atoms with Gasteiger partial charge >= 0.3 is 0 Å². The van der Waals surface area contributed by atoms with Gasteiger partial charge in [-0.2, -0.15) is 0 Å². The summed E-state index contributed by atoms with van der Waals surface area (Å²) in [6.45, 7) is 5.28. The van der Waals surface area contributed by atoms with Crippen molar-refractivity contribution in [3.63, 3.8) is 0 Å². The van der Waals surface area contributed by atoms with Crippen LogP contribution >= 0.6 is 0 Å². The SMILES string of the molecule is CCC(=O)N1CCN(c2ccc(Oc3ccccc3)cc2)CC1. The Morgan fingerprint density at radius 1 is 0.913 bits per heavy atom. The van der Waals surface area contributed by atoms with Crippen LogP contribution in [0.1, 0.15) is 13.3 Å². The molecule has 0 spiro atoms. The Hall–Kier alpha value is -2.49. The highest BCUT2D eigenvalue weighted by Crippen LogP contribution is 2.25. The van der Waals surface area contributed by atoms with Crippen molar-refractivity contribution in [2.24, 2.45) is 0 Å². The molecule has 1 saturated heterocycles. The number of hydrogen-bond acceptors (Lipinski definition) is 3. The number of hydrogen-bond donors (Lipinski definition) is 0. The molecule has 0 saturated carbocycles. The number of amides is 1. The predicted octanol–water partition coefficient (Wildman–Crippen LogP) is 3.54. The summed E-state index contributed by atoms with van der Waals surface area (Å²) in [4.78, 5) is 16.0. The van der Waals surface area contributed by atoms with Crippen LogP contribution in [0.15, 0.2) is 54.6 Å². The lowest BCUT2D eigenvalue weighted by atomic mass is 10.2. The van der Waals surface area contributed by atoms with Crippen LogP contribution in [0.4, 0.5) is 5.69 Å². The number of benzene rings is 2. The van der Waals surface area contributed by atoms with Crippen LogP contribution in [0.2, 0.25) is 0 Å². The van der Waals surface area contributed by atoms with Crippen molar-refractivity contribution < 1.29 is 9.53 Å². The highest BCUT2D eigenvalue weighted by Gasteiger charge is 2.19. The van der Waals surface area contributed by atoms with Gasteiger partial charge in [0, 0.05) is 38.3 Å². The van der Waals surface area contributed by atoms with Crippen molar-refractivity contribution in [1.29, 1.82) is 0 Å². The molecule has 120 valence electrons. The van der Waals surface area contributed by atoms with Crippen molar-refractivity contribution in [2.75, 3.05) is 31.1 Å². The fraction of sp³-hybridized carbons (Fsp3) is 0.316. The minimum Gasteiger partial charge on any atom is -0.457 e. The lowest BCUT2D eigenvalue weighted by Crippen LogP contribution is -2.48. The minimum absolute atomic E-state index is 0.247. The van der Waals surface area contributed by atoms with Crippen LogP contribution in [0.25, 0.3) is 0 Å². The second kappa shape index (κ2) is 7.18. The first-order valence-electron chi connectivity index (χ1n) is 8.12. The third-order valence-electron chi connectivity index (χ3n) is 4.12. The number of ether oxygens (including phenoxy) is 1. The van der Waals surface area contributed by atoms with Crippen molar-refractivity contribution in [3.05, 3.63) is 54.6 Å². The van der Waals surface area contributed by atoms with E-state index in [1.54, 1.807) is 0 Å². The second-order valence-electron chi connectivity index (χ2n) is 5.63. The summed E-state index contributed by atoms with van der Waals surface area (Å²) in [5.41, 5.74) is 1.18. The molecule has 2 aromatic rings. The summed E-state index contributed by atoms with van der Waals surface area (Å²) in [6, 6.07) is 17.9. The van der Waals surface area contributed by atoms with Gasteiger partial charge in [-0.15, -0.1) is 0 Å². The molecular formula is C19H22N2O2. The first-order chi connectivity index (χ1) is 11.3. The van der Waals surface area contributed by atoms with Crippen LogP contribution in [0.3, 0.4) is 0 Å². The smallest absolute Gasteiger partial charge is 0.222 e. The number of carbonyl (C=O) groups excluding carboxylic acids is 1. The highest BCUT2D eigenvalue weighted by atomic mass is 16.5. The molecule has 1 fully saturated rings. The second-order valence-corrected chi connectivity index (χ2v) is 5.63. The molecule has 23 heavy (non-hydrogen) atoms. The fourth-order valence-electron chi connectivity index (χ4n) is 2.79. The van der Waals surface area contributed by atoms with Gasteiger partial charge in [0.2, 0.25) is 5.91 Å². The Balaban J connectivity index is 1.59. The van der Waals surface area contributed by atoms with E-state index in [0.29, 0.717) is 6.42 Å². The summed E-state index contributed by atoms with van der Waals surface area (Å²) in [6.07, 6.45) is 0.589. The number of nitrogens with zero attached hydrogens (tertiary/aromatic N) is 2. The Labute approximate surface area is 137 Å². The number of piperazine rings is 1. The third kappa shape index (κ3) is 3.83. The number of carbonyl (C=O) groups is 1. The van der Waals surface area contributed by atoms with E-state index >= 15 is 0 Å². The lowest BCUT2D eigenvalue weighted by molar-refractivity contribution is -0.131. The van der Waals surface area contributed by atoms with Gasteiger partial charge in [-0.05, 0) is 36.4 Å². The Morgan fingerprint density at radius 3 is 2.13 bits per heavy atom. The molecule has 0 N–H and O–H groups in total. The molecule has 0 aromatic heterocycles. The van der Waals surface area contributed by atoms with Gasteiger partial charge in [0.1, 0.15) is 11.5 Å². The zero-order chi connectivity index (χ0) is 16.1. The van der Waals surface area contributed by atoms with Crippen molar-refractivity contribution in [1.82, 2.24) is 4.90 Å². The zero-order valence-electron chi connectivity index (χ0n) is 13.4. The Kier molecular flexibility index (Phi) is 4.81. The lowest BCUT2D eigenvalue weighted by Gasteiger charge is -2.36. The number of rotatable bonds is 4. The molecule has 0 bridgehead atoms. The normalized spacial score (nSPS) is 14.7. The molecule has 0 aliphatic carbocycles. The zero-order valence-corrected chi connectivity index (χ0v) is 13.4. The van der Waals surface area contributed by atoms with Gasteiger partial charge < -0.3 is 14.5 Å². The van der Waals surface area contributed by atoms with Gasteiger partial charge in [0.15, 0.2) is 0 Å². The summed E-state index contributed by atoms with van der Waals surface area (Å²) in [5, 5.41) is 0. The maximum atomic E-state index is 11.7. The van der Waals surface area contributed by atoms with Gasteiger partial charge in [-0.1, -0.05) is 25.1 Å². The van der Waals surface area contributed by atoms with Gasteiger partial charge in [0.05, 0.1) is 0 Å². The summed E-state index contributed by atoms with van der Waals surface area (Å²) in [5.74, 6) is 1.92. The van der Waals surface area contributed by atoms with Crippen molar-refractivity contribution >= 4 is 11.6 Å². The first kappa shape index (κ1) is 15.4. The topological polar surface area (TPSA) is 32.8 Å². The van der Waals surface area contributed by atoms with Crippen LogP contribution < -0.4 is 9.64 Å². The molecule has 0 atom stereocenters. The standard InChI is InChI=1S/C19H22N2O2/c1-2-19(22)21-14-12-20(13-15-21)16-8-10-18(11-9-16)23-17-6-4-3-5-7-17/h3-11H,2,12-15H2,1H3. The van der Waals surface area contributed by atoms with Crippen LogP contribution in [-0.4, -0.2) is 37.0 Å². The van der Waals surface area contributed by atoms with E-state index in [0.717, 1.165) is 37.7 Å². The first-order valence-corrected chi connectivity index (χ1v) is 8.12. The molecule has 0 unspecified atom stereocenters. The number of anilines is 1. The number of para-hydroxylation sites is 1. The van der Waals surface area contributed by atoms with Gasteiger partial charge in [-0.3, -0.25) is 4.79 Å². The predicted molar refractivity (Wildman–Crippen MR) is 92.0 cm³/mol. The van der Waals surface area contributed by atoms with E-state index in [1.807, 2.05) is 54.3 Å². The van der Waals surface area contributed by atoms with Gasteiger partial charge in [-0.25, -0.2) is 0 Å². The van der Waals surface area contributed by atoms with E-state index < -0.39 is 0 Å². The van der Waals surface area contributed by atoms with Crippen LogP contribution in [0.5, 0.6) is 11.5 Å². The maximum absolute atomic E-state index is 11.7. The van der Waals surface area contributed by atoms with E-state index in [2.05, 4.69) is 17.0 Å². The third-order valence-corrected chi connectivity index (χ3v) is 4.12. The molecule has 1 aliphatic rings. The van der Waals surface area contributed by atoms with E-state index in [4.69, 9.17) is 4.74 Å². The molecular weight excluding hydrogens is 288 g/mol. The average molecular weight is 310 g/mol. The largest absolute Gasteiger partial charge is 0.457 e. The Bertz CT molecular complexity index is 632. The molecule has 2 aromatic carbocycles. The highest BCUT2D eigenvalue weighted by molar-refractivity contribution is 5.76. The molecule has 1 aliphatic heterocycles. The summed E-state index contributed by atoms with van der Waals surface area (Å²) in [7, 11) is 0. The monoisotopic (exact) mass is 310 g/mol. The summed E-state index contributed by atoms with van der Waals surface area (Å²) < 4.78 is 5.81. The van der Waals surface area contributed by atoms with Gasteiger partial charge in [0.25, 0.3) is 0 Å². The fourth-order valence-corrected chi connectivity index (χ4v) is 2.79. The quantitative estimate of drug-likeness (QED) is 0.866. The van der Waals surface area contributed by atoms with E-state index in [1.165, 1.54) is 5.69 Å². The van der Waals surface area contributed by atoms with E-state index in [9.17, 15) is 4.79 Å². The minimum atomic E-state index is 0.247. The molecule has 3 rings (SSSR count). The van der Waals surface area contributed by atoms with Crippen LogP contribution in [0, 0.1) is 0 Å².